The van der Waals surface area contributed by atoms with Gasteiger partial charge in [0.2, 0.25) is 5.91 Å². The number of carbonyl (C=O) groups excluding carboxylic acids is 2. The molecule has 2 atom stereocenters. The van der Waals surface area contributed by atoms with E-state index in [1.807, 2.05) is 6.92 Å². The molecule has 0 spiro atoms. The zero-order chi connectivity index (χ0) is 12.8. The highest BCUT2D eigenvalue weighted by atomic mass is 16.6. The van der Waals surface area contributed by atoms with Crippen LogP contribution in [0.3, 0.4) is 0 Å². The number of hydrogen-bond donors (Lipinski definition) is 1. The quantitative estimate of drug-likeness (QED) is 0.709. The molecule has 5 heteroatoms. The van der Waals surface area contributed by atoms with E-state index >= 15 is 0 Å². The number of carbonyl (C=O) groups is 2. The van der Waals surface area contributed by atoms with Crippen LogP contribution < -0.4 is 0 Å². The largest absolute Gasteiger partial charge is 0.447 e. The van der Waals surface area contributed by atoms with Crippen molar-refractivity contribution in [3.8, 4) is 0 Å². The van der Waals surface area contributed by atoms with Gasteiger partial charge in [-0.3, -0.25) is 4.79 Å². The second-order valence-electron chi connectivity index (χ2n) is 4.22. The number of cyclic esters (lactones) is 1. The number of aliphatic hydroxyl groups excluding tert-OH is 1. The molecule has 1 rings (SSSR count). The first-order chi connectivity index (χ1) is 8.11. The van der Waals surface area contributed by atoms with Crippen LogP contribution in [0.15, 0.2) is 12.7 Å². The van der Waals surface area contributed by atoms with Crippen molar-refractivity contribution in [2.24, 2.45) is 11.8 Å². The van der Waals surface area contributed by atoms with Gasteiger partial charge >= 0.3 is 6.09 Å². The number of rotatable bonds is 6. The van der Waals surface area contributed by atoms with Gasteiger partial charge < -0.3 is 9.84 Å². The Hall–Kier alpha value is -1.36. The first-order valence-electron chi connectivity index (χ1n) is 5.81. The van der Waals surface area contributed by atoms with E-state index in [1.165, 1.54) is 0 Å². The topological polar surface area (TPSA) is 66.8 Å². The number of hydrogen-bond acceptors (Lipinski definition) is 4. The minimum absolute atomic E-state index is 0.0561. The van der Waals surface area contributed by atoms with Crippen LogP contribution in [0.5, 0.6) is 0 Å². The zero-order valence-corrected chi connectivity index (χ0v) is 10.1. The maximum Gasteiger partial charge on any atom is 0.416 e. The Kier molecular flexibility index (Phi) is 5.15. The molecule has 0 radical (unpaired) electrons. The molecule has 1 heterocycles. The first kappa shape index (κ1) is 13.7. The summed E-state index contributed by atoms with van der Waals surface area (Å²) < 4.78 is 4.74. The fourth-order valence-corrected chi connectivity index (χ4v) is 2.01. The summed E-state index contributed by atoms with van der Waals surface area (Å²) in [7, 11) is 0. The molecule has 1 N–H and O–H groups in total. The molecule has 0 aliphatic carbocycles. The van der Waals surface area contributed by atoms with E-state index in [1.54, 1.807) is 6.08 Å². The van der Waals surface area contributed by atoms with E-state index < -0.39 is 6.09 Å². The molecule has 0 unspecified atom stereocenters. The Balaban J connectivity index is 2.71. The van der Waals surface area contributed by atoms with Crippen LogP contribution in [-0.4, -0.2) is 41.8 Å². The van der Waals surface area contributed by atoms with Crippen LogP contribution in [0.2, 0.25) is 0 Å². The number of aliphatic hydroxyl groups is 1. The van der Waals surface area contributed by atoms with Crippen LogP contribution >= 0.6 is 0 Å². The third-order valence-electron chi connectivity index (χ3n) is 3.01. The molecule has 0 aromatic carbocycles. The van der Waals surface area contributed by atoms with E-state index in [-0.39, 0.29) is 31.0 Å². The molecule has 0 bridgehead atoms. The van der Waals surface area contributed by atoms with Gasteiger partial charge in [-0.1, -0.05) is 13.0 Å². The molecule has 0 aromatic heterocycles. The SMILES string of the molecule is C=CC[C@H](C)[C@@H](CCO)C(=O)N1CCOC1=O. The standard InChI is InChI=1S/C12H19NO4/c1-3-4-9(2)10(5-7-14)11(15)13-6-8-17-12(13)16/h3,9-10,14H,1,4-8H2,2H3/t9-,10+/m0/s1. The Morgan fingerprint density at radius 2 is 2.41 bits per heavy atom. The van der Waals surface area contributed by atoms with Gasteiger partial charge in [0, 0.05) is 12.5 Å². The van der Waals surface area contributed by atoms with Crippen molar-refractivity contribution in [1.82, 2.24) is 4.90 Å². The number of ether oxygens (including phenoxy) is 1. The van der Waals surface area contributed by atoms with Crippen LogP contribution in [0, 0.1) is 11.8 Å². The van der Waals surface area contributed by atoms with E-state index in [0.29, 0.717) is 19.4 Å². The highest BCUT2D eigenvalue weighted by Gasteiger charge is 2.35. The third-order valence-corrected chi connectivity index (χ3v) is 3.01. The summed E-state index contributed by atoms with van der Waals surface area (Å²) in [4.78, 5) is 24.6. The summed E-state index contributed by atoms with van der Waals surface area (Å²) in [5.74, 6) is -0.555. The van der Waals surface area contributed by atoms with Crippen molar-refractivity contribution < 1.29 is 19.4 Å². The highest BCUT2D eigenvalue weighted by Crippen LogP contribution is 2.23. The van der Waals surface area contributed by atoms with Gasteiger partial charge in [-0.25, -0.2) is 9.69 Å². The Labute approximate surface area is 101 Å². The Morgan fingerprint density at radius 1 is 1.71 bits per heavy atom. The monoisotopic (exact) mass is 241 g/mol. The Morgan fingerprint density at radius 3 is 2.88 bits per heavy atom. The molecule has 96 valence electrons. The van der Waals surface area contributed by atoms with Crippen LogP contribution in [0.4, 0.5) is 4.79 Å². The highest BCUT2D eigenvalue weighted by molar-refractivity contribution is 5.94. The third kappa shape index (κ3) is 3.30. The molecule has 1 aliphatic rings. The lowest BCUT2D eigenvalue weighted by Gasteiger charge is -2.24. The number of imide groups is 1. The van der Waals surface area contributed by atoms with Gasteiger partial charge in [-0.2, -0.15) is 0 Å². The fraction of sp³-hybridized carbons (Fsp3) is 0.667. The predicted molar refractivity (Wildman–Crippen MR) is 62.2 cm³/mol. The smallest absolute Gasteiger partial charge is 0.416 e. The van der Waals surface area contributed by atoms with E-state index in [4.69, 9.17) is 9.84 Å². The van der Waals surface area contributed by atoms with Crippen molar-refractivity contribution >= 4 is 12.0 Å². The van der Waals surface area contributed by atoms with Gasteiger partial charge in [-0.15, -0.1) is 6.58 Å². The second kappa shape index (κ2) is 6.39. The molecule has 2 amide bonds. The van der Waals surface area contributed by atoms with Crippen molar-refractivity contribution in [2.45, 2.75) is 19.8 Å². The lowest BCUT2D eigenvalue weighted by Crippen LogP contribution is -2.39. The van der Waals surface area contributed by atoms with Crippen molar-refractivity contribution in [2.75, 3.05) is 19.8 Å². The van der Waals surface area contributed by atoms with Gasteiger partial charge in [-0.05, 0) is 18.8 Å². The maximum absolute atomic E-state index is 12.1. The van der Waals surface area contributed by atoms with Gasteiger partial charge in [0.25, 0.3) is 0 Å². The van der Waals surface area contributed by atoms with E-state index in [9.17, 15) is 9.59 Å². The lowest BCUT2D eigenvalue weighted by molar-refractivity contribution is -0.134. The summed E-state index contributed by atoms with van der Waals surface area (Å²) in [6, 6.07) is 0. The molecule has 0 aromatic rings. The second-order valence-corrected chi connectivity index (χ2v) is 4.22. The molecular formula is C12H19NO4. The molecule has 1 aliphatic heterocycles. The van der Waals surface area contributed by atoms with E-state index in [2.05, 4.69) is 6.58 Å². The summed E-state index contributed by atoms with van der Waals surface area (Å²) in [5.41, 5.74) is 0. The summed E-state index contributed by atoms with van der Waals surface area (Å²) in [5, 5.41) is 9.00. The average Bonchev–Trinajstić information content (AvgIpc) is 2.71. The van der Waals surface area contributed by atoms with E-state index in [0.717, 1.165) is 4.90 Å². The minimum Gasteiger partial charge on any atom is -0.447 e. The van der Waals surface area contributed by atoms with Crippen LogP contribution in [0.1, 0.15) is 19.8 Å². The minimum atomic E-state index is -0.580. The zero-order valence-electron chi connectivity index (χ0n) is 10.1. The van der Waals surface area contributed by atoms with Crippen LogP contribution in [-0.2, 0) is 9.53 Å². The van der Waals surface area contributed by atoms with Gasteiger partial charge in [0.05, 0.1) is 6.54 Å². The van der Waals surface area contributed by atoms with Crippen LogP contribution in [0.25, 0.3) is 0 Å². The lowest BCUT2D eigenvalue weighted by atomic mass is 9.87. The molecular weight excluding hydrogens is 222 g/mol. The predicted octanol–water partition coefficient (Wildman–Crippen LogP) is 1.18. The molecule has 1 fully saturated rings. The van der Waals surface area contributed by atoms with Crippen molar-refractivity contribution in [1.29, 1.82) is 0 Å². The fourth-order valence-electron chi connectivity index (χ4n) is 2.01. The normalized spacial score (nSPS) is 18.7. The Bertz CT molecular complexity index is 303. The first-order valence-corrected chi connectivity index (χ1v) is 5.81. The molecule has 17 heavy (non-hydrogen) atoms. The van der Waals surface area contributed by atoms with Crippen molar-refractivity contribution in [3.05, 3.63) is 12.7 Å². The van der Waals surface area contributed by atoms with Crippen molar-refractivity contribution in [3.63, 3.8) is 0 Å². The average molecular weight is 241 g/mol. The van der Waals surface area contributed by atoms with Gasteiger partial charge in [0.1, 0.15) is 6.61 Å². The number of amides is 2. The number of nitrogens with zero attached hydrogens (tertiary/aromatic N) is 1. The molecule has 0 saturated carbocycles. The summed E-state index contributed by atoms with van der Waals surface area (Å²) in [6.45, 7) is 6.05. The maximum atomic E-state index is 12.1. The summed E-state index contributed by atoms with van der Waals surface area (Å²) in [6.07, 6.45) is 2.20. The number of allylic oxidation sites excluding steroid dienone is 1. The summed E-state index contributed by atoms with van der Waals surface area (Å²) >= 11 is 0. The van der Waals surface area contributed by atoms with Gasteiger partial charge in [0.15, 0.2) is 0 Å². The molecule has 5 nitrogen and oxygen atoms in total. The molecule has 1 saturated heterocycles.